The third-order valence-corrected chi connectivity index (χ3v) is 8.25. The lowest BCUT2D eigenvalue weighted by Gasteiger charge is -2.35. The van der Waals surface area contributed by atoms with Crippen LogP contribution < -0.4 is 15.5 Å². The first-order valence-corrected chi connectivity index (χ1v) is 13.2. The van der Waals surface area contributed by atoms with Gasteiger partial charge in [0.05, 0.1) is 4.90 Å². The molecule has 1 saturated heterocycles. The number of rotatable bonds is 6. The molecule has 0 saturated carbocycles. The average Bonchev–Trinajstić information content (AvgIpc) is 3.30. The van der Waals surface area contributed by atoms with Gasteiger partial charge in [-0.2, -0.15) is 4.31 Å². The van der Waals surface area contributed by atoms with Crippen molar-refractivity contribution >= 4 is 21.6 Å². The van der Waals surface area contributed by atoms with Gasteiger partial charge >= 0.3 is 0 Å². The Balaban J connectivity index is 1.19. The van der Waals surface area contributed by atoms with Crippen LogP contribution in [0, 0.1) is 6.92 Å². The number of hydroxylamine groups is 1. The molecule has 1 spiro atoms. The number of nitrogens with one attached hydrogen (secondary N) is 2. The highest BCUT2D eigenvalue weighted by molar-refractivity contribution is 7.89. The van der Waals surface area contributed by atoms with Crippen LogP contribution in [0.2, 0.25) is 0 Å². The monoisotopic (exact) mass is 505 g/mol. The highest BCUT2D eigenvalue weighted by Crippen LogP contribution is 2.34. The van der Waals surface area contributed by atoms with Crippen molar-refractivity contribution in [2.45, 2.75) is 30.3 Å². The molecule has 9 heteroatoms. The van der Waals surface area contributed by atoms with Gasteiger partial charge in [-0.15, -0.1) is 0 Å². The van der Waals surface area contributed by atoms with E-state index in [9.17, 15) is 13.2 Å². The number of benzene rings is 3. The SMILES string of the molecule is Cc1ccc(S(=O)(=O)N2CCC3(C=C(C(=O)Nc4ccc(Oc5ccccc5)cc4)NO3)CC2)cc1. The fraction of sp³-hybridized carbons (Fsp3) is 0.222. The smallest absolute Gasteiger partial charge is 0.273 e. The molecule has 2 aliphatic heterocycles. The van der Waals surface area contributed by atoms with E-state index in [1.54, 1.807) is 54.6 Å². The molecule has 8 nitrogen and oxygen atoms in total. The molecule has 2 heterocycles. The zero-order valence-electron chi connectivity index (χ0n) is 19.8. The largest absolute Gasteiger partial charge is 0.457 e. The summed E-state index contributed by atoms with van der Waals surface area (Å²) < 4.78 is 33.2. The summed E-state index contributed by atoms with van der Waals surface area (Å²) in [5.74, 6) is 1.06. The first kappa shape index (κ1) is 24.1. The number of amides is 1. The summed E-state index contributed by atoms with van der Waals surface area (Å²) >= 11 is 0. The summed E-state index contributed by atoms with van der Waals surface area (Å²) in [5.41, 5.74) is 3.92. The molecule has 36 heavy (non-hydrogen) atoms. The van der Waals surface area contributed by atoms with Crippen LogP contribution in [-0.4, -0.2) is 37.3 Å². The maximum Gasteiger partial charge on any atom is 0.273 e. The molecule has 186 valence electrons. The molecule has 0 aromatic heterocycles. The average molecular weight is 506 g/mol. The number of piperidine rings is 1. The van der Waals surface area contributed by atoms with Crippen LogP contribution in [-0.2, 0) is 19.7 Å². The Morgan fingerprint density at radius 3 is 2.25 bits per heavy atom. The summed E-state index contributed by atoms with van der Waals surface area (Å²) in [6.45, 7) is 2.51. The number of anilines is 1. The number of aryl methyl sites for hydroxylation is 1. The molecular weight excluding hydrogens is 478 g/mol. The highest BCUT2D eigenvalue weighted by Gasteiger charge is 2.42. The molecular formula is C27H27N3O5S. The molecule has 2 N–H and O–H groups in total. The van der Waals surface area contributed by atoms with Crippen molar-refractivity contribution in [3.8, 4) is 11.5 Å². The molecule has 0 aliphatic carbocycles. The quantitative estimate of drug-likeness (QED) is 0.517. The molecule has 1 amide bonds. The Labute approximate surface area is 210 Å². The summed E-state index contributed by atoms with van der Waals surface area (Å²) in [6, 6.07) is 23.4. The number of nitrogens with zero attached hydrogens (tertiary/aromatic N) is 1. The van der Waals surface area contributed by atoms with Crippen LogP contribution in [0.4, 0.5) is 5.69 Å². The van der Waals surface area contributed by atoms with E-state index in [4.69, 9.17) is 9.57 Å². The van der Waals surface area contributed by atoms with Gasteiger partial charge in [0, 0.05) is 18.8 Å². The zero-order valence-corrected chi connectivity index (χ0v) is 20.6. The topological polar surface area (TPSA) is 97.0 Å². The van der Waals surface area contributed by atoms with Crippen molar-refractivity contribution < 1.29 is 22.8 Å². The standard InChI is InChI=1S/C27H27N3O5S/c1-20-7-13-24(14-8-20)36(32,33)30-17-15-27(16-18-30)19-25(29-35-27)26(31)28-21-9-11-23(12-10-21)34-22-5-3-2-4-6-22/h2-14,19,29H,15-18H2,1H3,(H,28,31). The van der Waals surface area contributed by atoms with Gasteiger partial charge in [-0.1, -0.05) is 35.9 Å². The van der Waals surface area contributed by atoms with Crippen molar-refractivity contribution in [3.63, 3.8) is 0 Å². The highest BCUT2D eigenvalue weighted by atomic mass is 32.2. The molecule has 1 fully saturated rings. The van der Waals surface area contributed by atoms with E-state index in [1.807, 2.05) is 37.3 Å². The zero-order chi connectivity index (χ0) is 25.2. The van der Waals surface area contributed by atoms with Crippen LogP contribution >= 0.6 is 0 Å². The number of hydrogen-bond acceptors (Lipinski definition) is 6. The Morgan fingerprint density at radius 2 is 1.58 bits per heavy atom. The van der Waals surface area contributed by atoms with Crippen molar-refractivity contribution in [2.24, 2.45) is 0 Å². The van der Waals surface area contributed by atoms with Crippen molar-refractivity contribution in [3.05, 3.63) is 96.2 Å². The van der Waals surface area contributed by atoms with Gasteiger partial charge < -0.3 is 10.1 Å². The van der Waals surface area contributed by atoms with E-state index in [-0.39, 0.29) is 10.8 Å². The van der Waals surface area contributed by atoms with E-state index in [0.29, 0.717) is 43.1 Å². The first-order valence-electron chi connectivity index (χ1n) is 11.7. The number of hydrogen-bond donors (Lipinski definition) is 2. The maximum atomic E-state index is 13.0. The normalized spacial score (nSPS) is 17.3. The third kappa shape index (κ3) is 5.13. The van der Waals surface area contributed by atoms with Crippen LogP contribution in [0.25, 0.3) is 0 Å². The summed E-state index contributed by atoms with van der Waals surface area (Å²) in [5, 5.41) is 2.84. The van der Waals surface area contributed by atoms with Crippen molar-refractivity contribution in [1.82, 2.24) is 9.79 Å². The molecule has 0 unspecified atom stereocenters. The Hall–Kier alpha value is -3.66. The lowest BCUT2D eigenvalue weighted by Crippen LogP contribution is -2.46. The van der Waals surface area contributed by atoms with Gasteiger partial charge in [-0.25, -0.2) is 8.42 Å². The van der Waals surface area contributed by atoms with Crippen LogP contribution in [0.5, 0.6) is 11.5 Å². The Bertz CT molecular complexity index is 1360. The molecule has 3 aromatic rings. The van der Waals surface area contributed by atoms with Gasteiger partial charge in [0.25, 0.3) is 5.91 Å². The Morgan fingerprint density at radius 1 is 0.944 bits per heavy atom. The second kappa shape index (κ2) is 9.77. The fourth-order valence-corrected chi connectivity index (χ4v) is 5.67. The number of para-hydroxylation sites is 1. The number of sulfonamides is 1. The minimum absolute atomic E-state index is 0.283. The molecule has 0 bridgehead atoms. The maximum absolute atomic E-state index is 13.0. The van der Waals surface area contributed by atoms with Crippen molar-refractivity contribution in [1.29, 1.82) is 0 Å². The molecule has 0 radical (unpaired) electrons. The van der Waals surface area contributed by atoms with Gasteiger partial charge in [-0.3, -0.25) is 15.1 Å². The summed E-state index contributed by atoms with van der Waals surface area (Å²) in [7, 11) is -3.57. The lowest BCUT2D eigenvalue weighted by atomic mass is 9.92. The molecule has 3 aromatic carbocycles. The minimum atomic E-state index is -3.57. The second-order valence-electron chi connectivity index (χ2n) is 8.94. The number of carbonyl (C=O) groups excluding carboxylic acids is 1. The van der Waals surface area contributed by atoms with Crippen LogP contribution in [0.3, 0.4) is 0 Å². The molecule has 2 aliphatic rings. The predicted octanol–water partition coefficient (Wildman–Crippen LogP) is 4.37. The van der Waals surface area contributed by atoms with E-state index >= 15 is 0 Å². The number of carbonyl (C=O) groups is 1. The Kier molecular flexibility index (Phi) is 6.53. The van der Waals surface area contributed by atoms with Crippen LogP contribution in [0.1, 0.15) is 18.4 Å². The lowest BCUT2D eigenvalue weighted by molar-refractivity contribution is -0.115. The predicted molar refractivity (Wildman–Crippen MR) is 136 cm³/mol. The van der Waals surface area contributed by atoms with E-state index in [2.05, 4.69) is 10.8 Å². The minimum Gasteiger partial charge on any atom is -0.457 e. The van der Waals surface area contributed by atoms with Gasteiger partial charge in [0.2, 0.25) is 10.0 Å². The summed E-state index contributed by atoms with van der Waals surface area (Å²) in [4.78, 5) is 18.9. The van der Waals surface area contributed by atoms with E-state index < -0.39 is 15.6 Å². The van der Waals surface area contributed by atoms with Gasteiger partial charge in [0.1, 0.15) is 22.8 Å². The van der Waals surface area contributed by atoms with Crippen LogP contribution in [0.15, 0.2) is 95.5 Å². The van der Waals surface area contributed by atoms with Gasteiger partial charge in [0.15, 0.2) is 0 Å². The summed E-state index contributed by atoms with van der Waals surface area (Å²) in [6.07, 6.45) is 2.63. The second-order valence-corrected chi connectivity index (χ2v) is 10.9. The van der Waals surface area contributed by atoms with Crippen molar-refractivity contribution in [2.75, 3.05) is 18.4 Å². The fourth-order valence-electron chi connectivity index (χ4n) is 4.23. The molecule has 5 rings (SSSR count). The third-order valence-electron chi connectivity index (χ3n) is 6.33. The first-order chi connectivity index (χ1) is 17.3. The van der Waals surface area contributed by atoms with E-state index in [0.717, 1.165) is 11.3 Å². The van der Waals surface area contributed by atoms with Gasteiger partial charge in [-0.05, 0) is 74.4 Å². The van der Waals surface area contributed by atoms with E-state index in [1.165, 1.54) is 4.31 Å². The number of ether oxygens (including phenoxy) is 1. The molecule has 0 atom stereocenters.